The second-order valence-corrected chi connectivity index (χ2v) is 7.41. The van der Waals surface area contributed by atoms with Crippen molar-refractivity contribution in [3.63, 3.8) is 0 Å². The van der Waals surface area contributed by atoms with Gasteiger partial charge in [0.25, 0.3) is 0 Å². The first kappa shape index (κ1) is 26.1. The number of carbonyl (C=O) groups is 4. The Morgan fingerprint density at radius 3 is 1.79 bits per heavy atom. The number of thioether (sulfide) groups is 1. The van der Waals surface area contributed by atoms with E-state index in [-0.39, 0.29) is 6.42 Å². The fraction of sp³-hybridized carbons (Fsp3) is 0.750. The molecule has 0 spiro atoms. The van der Waals surface area contributed by atoms with Gasteiger partial charge >= 0.3 is 5.97 Å². The molecule has 0 aromatic rings. The fourth-order valence-corrected chi connectivity index (χ4v) is 2.57. The van der Waals surface area contributed by atoms with Gasteiger partial charge in [0.2, 0.25) is 17.7 Å². The van der Waals surface area contributed by atoms with Crippen molar-refractivity contribution in [2.75, 3.05) is 12.0 Å². The zero-order valence-corrected chi connectivity index (χ0v) is 17.2. The smallest absolute Gasteiger partial charge is 0.328 e. The van der Waals surface area contributed by atoms with Crippen LogP contribution in [0.25, 0.3) is 0 Å². The van der Waals surface area contributed by atoms with Crippen LogP contribution in [-0.2, 0) is 19.2 Å². The summed E-state index contributed by atoms with van der Waals surface area (Å²) in [7, 11) is 0. The van der Waals surface area contributed by atoms with Crippen molar-refractivity contribution < 1.29 is 34.5 Å². The van der Waals surface area contributed by atoms with Crippen molar-refractivity contribution in [2.45, 2.75) is 63.6 Å². The van der Waals surface area contributed by atoms with E-state index in [0.717, 1.165) is 0 Å². The van der Waals surface area contributed by atoms with Gasteiger partial charge < -0.3 is 37.0 Å². The molecule has 0 radical (unpaired) electrons. The minimum absolute atomic E-state index is 0.165. The maximum atomic E-state index is 12.5. The van der Waals surface area contributed by atoms with E-state index in [1.807, 2.05) is 0 Å². The number of aliphatic hydroxyl groups excluding tert-OH is 2. The SMILES string of the molecule is CSCCC(NC(=O)C(NC(=O)C(C)N)C(C)O)C(=O)NC(C(=O)O)C(C)O. The second-order valence-electron chi connectivity index (χ2n) is 6.42. The van der Waals surface area contributed by atoms with Gasteiger partial charge in [0, 0.05) is 0 Å². The highest BCUT2D eigenvalue weighted by Gasteiger charge is 2.32. The lowest BCUT2D eigenvalue weighted by Gasteiger charge is -2.26. The molecule has 0 aliphatic rings. The highest BCUT2D eigenvalue weighted by Crippen LogP contribution is 2.05. The molecule has 0 aliphatic carbocycles. The van der Waals surface area contributed by atoms with E-state index in [0.29, 0.717) is 5.75 Å². The van der Waals surface area contributed by atoms with E-state index in [1.54, 1.807) is 6.26 Å². The van der Waals surface area contributed by atoms with Crippen LogP contribution in [0, 0.1) is 0 Å². The predicted octanol–water partition coefficient (Wildman–Crippen LogP) is -2.61. The zero-order chi connectivity index (χ0) is 22.0. The summed E-state index contributed by atoms with van der Waals surface area (Å²) in [5.74, 6) is -3.25. The molecule has 0 rings (SSSR count). The highest BCUT2D eigenvalue weighted by molar-refractivity contribution is 7.98. The maximum absolute atomic E-state index is 12.5. The van der Waals surface area contributed by atoms with Gasteiger partial charge in [-0.05, 0) is 39.2 Å². The topological polar surface area (TPSA) is 191 Å². The quantitative estimate of drug-likeness (QED) is 0.176. The number of nitrogens with one attached hydrogen (secondary N) is 3. The standard InChI is InChI=1S/C16H30N4O7S/c1-7(17)13(23)19-11(8(2)21)15(25)18-10(5-6-28-4)14(24)20-12(9(3)22)16(26)27/h7-12,21-22H,5-6,17H2,1-4H3,(H,18,25)(H,19,23)(H,20,24)(H,26,27). The Balaban J connectivity index is 5.32. The summed E-state index contributed by atoms with van der Waals surface area (Å²) in [5.41, 5.74) is 5.44. The van der Waals surface area contributed by atoms with E-state index >= 15 is 0 Å². The molecule has 3 amide bonds. The second kappa shape index (κ2) is 12.5. The van der Waals surface area contributed by atoms with Crippen LogP contribution < -0.4 is 21.7 Å². The van der Waals surface area contributed by atoms with Gasteiger partial charge in [-0.15, -0.1) is 0 Å². The third kappa shape index (κ3) is 8.87. The van der Waals surface area contributed by atoms with Crippen LogP contribution in [0.2, 0.25) is 0 Å². The Kier molecular flexibility index (Phi) is 11.7. The third-order valence-electron chi connectivity index (χ3n) is 3.77. The van der Waals surface area contributed by atoms with Crippen LogP contribution >= 0.6 is 11.8 Å². The predicted molar refractivity (Wildman–Crippen MR) is 103 cm³/mol. The number of carboxylic acids is 1. The number of aliphatic carboxylic acids is 1. The van der Waals surface area contributed by atoms with Crippen LogP contribution in [-0.4, -0.2) is 87.4 Å². The summed E-state index contributed by atoms with van der Waals surface area (Å²) < 4.78 is 0. The Hall–Kier alpha value is -1.89. The Morgan fingerprint density at radius 1 is 0.893 bits per heavy atom. The molecule has 11 nitrogen and oxygen atoms in total. The van der Waals surface area contributed by atoms with Crippen molar-refractivity contribution in [2.24, 2.45) is 5.73 Å². The van der Waals surface area contributed by atoms with Crippen LogP contribution in [0.4, 0.5) is 0 Å². The summed E-state index contributed by atoms with van der Waals surface area (Å²) in [5, 5.41) is 35.3. The average Bonchev–Trinajstić information content (AvgIpc) is 2.59. The molecule has 6 atom stereocenters. The number of nitrogens with two attached hydrogens (primary N) is 1. The minimum atomic E-state index is -1.55. The van der Waals surface area contributed by atoms with Crippen LogP contribution in [0.1, 0.15) is 27.2 Å². The number of hydrogen-bond acceptors (Lipinski definition) is 8. The monoisotopic (exact) mass is 422 g/mol. The van der Waals surface area contributed by atoms with Gasteiger partial charge in [0.15, 0.2) is 6.04 Å². The van der Waals surface area contributed by atoms with Crippen molar-refractivity contribution >= 4 is 35.5 Å². The van der Waals surface area contributed by atoms with Crippen molar-refractivity contribution in [3.8, 4) is 0 Å². The van der Waals surface area contributed by atoms with E-state index in [2.05, 4.69) is 16.0 Å². The molecule has 0 aromatic carbocycles. The molecular formula is C16H30N4O7S. The molecule has 8 N–H and O–H groups in total. The Morgan fingerprint density at radius 2 is 1.39 bits per heavy atom. The molecule has 162 valence electrons. The molecule has 0 bridgehead atoms. The molecule has 0 heterocycles. The van der Waals surface area contributed by atoms with Gasteiger partial charge in [-0.2, -0.15) is 11.8 Å². The van der Waals surface area contributed by atoms with E-state index < -0.39 is 60.1 Å². The Labute approximate surface area is 167 Å². The summed E-state index contributed by atoms with van der Waals surface area (Å²) in [6.07, 6.45) is -0.669. The van der Waals surface area contributed by atoms with Crippen molar-refractivity contribution in [3.05, 3.63) is 0 Å². The number of amides is 3. The van der Waals surface area contributed by atoms with Gasteiger partial charge in [0.1, 0.15) is 12.1 Å². The molecule has 0 saturated heterocycles. The molecule has 0 saturated carbocycles. The van der Waals surface area contributed by atoms with Crippen molar-refractivity contribution in [1.29, 1.82) is 0 Å². The first-order chi connectivity index (χ1) is 12.9. The largest absolute Gasteiger partial charge is 0.480 e. The highest BCUT2D eigenvalue weighted by atomic mass is 32.2. The van der Waals surface area contributed by atoms with Gasteiger partial charge in [-0.3, -0.25) is 14.4 Å². The number of carboxylic acid groups (broad SMARTS) is 1. The lowest BCUT2D eigenvalue weighted by molar-refractivity contribution is -0.145. The van der Waals surface area contributed by atoms with E-state index in [9.17, 15) is 29.4 Å². The maximum Gasteiger partial charge on any atom is 0.328 e. The first-order valence-electron chi connectivity index (χ1n) is 8.66. The van der Waals surface area contributed by atoms with Crippen LogP contribution in [0.5, 0.6) is 0 Å². The number of hydrogen-bond donors (Lipinski definition) is 7. The van der Waals surface area contributed by atoms with Gasteiger partial charge in [0.05, 0.1) is 18.2 Å². The normalized spacial score (nSPS) is 17.4. The summed E-state index contributed by atoms with van der Waals surface area (Å²) >= 11 is 1.40. The third-order valence-corrected chi connectivity index (χ3v) is 4.41. The molecule has 0 aliphatic heterocycles. The van der Waals surface area contributed by atoms with Crippen LogP contribution in [0.15, 0.2) is 0 Å². The minimum Gasteiger partial charge on any atom is -0.480 e. The zero-order valence-electron chi connectivity index (χ0n) is 16.3. The average molecular weight is 423 g/mol. The summed E-state index contributed by atoms with van der Waals surface area (Å²) in [6.45, 7) is 3.90. The number of carbonyl (C=O) groups excluding carboxylic acids is 3. The van der Waals surface area contributed by atoms with E-state index in [1.165, 1.54) is 32.5 Å². The number of aliphatic hydroxyl groups is 2. The molecule has 6 unspecified atom stereocenters. The molecule has 0 aromatic heterocycles. The summed E-state index contributed by atoms with van der Waals surface area (Å²) in [6, 6.07) is -4.94. The fourth-order valence-electron chi connectivity index (χ4n) is 2.10. The first-order valence-corrected chi connectivity index (χ1v) is 10.1. The van der Waals surface area contributed by atoms with Gasteiger partial charge in [-0.25, -0.2) is 4.79 Å². The summed E-state index contributed by atoms with van der Waals surface area (Å²) in [4.78, 5) is 47.8. The molecular weight excluding hydrogens is 392 g/mol. The van der Waals surface area contributed by atoms with Gasteiger partial charge in [-0.1, -0.05) is 0 Å². The van der Waals surface area contributed by atoms with Crippen molar-refractivity contribution in [1.82, 2.24) is 16.0 Å². The number of rotatable bonds is 12. The van der Waals surface area contributed by atoms with Crippen LogP contribution in [0.3, 0.4) is 0 Å². The lowest BCUT2D eigenvalue weighted by Crippen LogP contribution is -2.60. The molecule has 0 fully saturated rings. The molecule has 28 heavy (non-hydrogen) atoms. The van der Waals surface area contributed by atoms with E-state index in [4.69, 9.17) is 10.8 Å². The molecule has 12 heteroatoms. The Bertz CT molecular complexity index is 557. The lowest BCUT2D eigenvalue weighted by atomic mass is 10.1.